The number of hydrogen-bond donors (Lipinski definition) is 1. The number of aliphatic hydroxyl groups is 1. The summed E-state index contributed by atoms with van der Waals surface area (Å²) >= 11 is 0. The van der Waals surface area contributed by atoms with Gasteiger partial charge in [-0.15, -0.1) is 0 Å². The van der Waals surface area contributed by atoms with Crippen molar-refractivity contribution < 1.29 is 5.11 Å². The third kappa shape index (κ3) is 3.17. The summed E-state index contributed by atoms with van der Waals surface area (Å²) in [5, 5.41) is 11.2. The summed E-state index contributed by atoms with van der Waals surface area (Å²) in [5.41, 5.74) is 3.57. The van der Waals surface area contributed by atoms with E-state index in [0.717, 1.165) is 30.6 Å². The molecular weight excluding hydrogens is 328 g/mol. The van der Waals surface area contributed by atoms with Gasteiger partial charge in [0.15, 0.2) is 0 Å². The highest BCUT2D eigenvalue weighted by atomic mass is 16.3. The quantitative estimate of drug-likeness (QED) is 0.545. The second-order valence-electron chi connectivity index (χ2n) is 10.4. The maximum atomic E-state index is 11.2. The van der Waals surface area contributed by atoms with Crippen LogP contribution in [0.5, 0.6) is 0 Å². The van der Waals surface area contributed by atoms with E-state index in [1.807, 2.05) is 13.8 Å². The lowest BCUT2D eigenvalue weighted by Crippen LogP contribution is -2.55. The minimum absolute atomic E-state index is 0.129. The van der Waals surface area contributed by atoms with Crippen molar-refractivity contribution in [3.8, 4) is 0 Å². The van der Waals surface area contributed by atoms with Crippen LogP contribution in [0, 0.1) is 40.4 Å². The van der Waals surface area contributed by atoms with Gasteiger partial charge in [0, 0.05) is 0 Å². The molecule has 0 aliphatic heterocycles. The molecule has 0 bridgehead atoms. The predicted octanol–water partition coefficient (Wildman–Crippen LogP) is 7.16. The molecule has 0 spiro atoms. The average molecular weight is 373 g/mol. The Labute approximate surface area is 168 Å². The van der Waals surface area contributed by atoms with E-state index < -0.39 is 0 Å². The molecule has 1 N–H and O–H groups in total. The summed E-state index contributed by atoms with van der Waals surface area (Å²) in [6.45, 7) is 18.1. The largest absolute Gasteiger partial charge is 0.392 e. The van der Waals surface area contributed by atoms with Crippen molar-refractivity contribution in [2.24, 2.45) is 40.4 Å². The van der Waals surface area contributed by atoms with Crippen LogP contribution in [0.15, 0.2) is 23.8 Å². The summed E-state index contributed by atoms with van der Waals surface area (Å²) in [4.78, 5) is 0. The van der Waals surface area contributed by atoms with E-state index in [2.05, 4.69) is 40.3 Å². The Balaban J connectivity index is 0.00000102. The Hall–Kier alpha value is -0.560. The minimum Gasteiger partial charge on any atom is -0.392 e. The molecule has 27 heavy (non-hydrogen) atoms. The number of aliphatic hydroxyl groups excluding tert-OH is 1. The van der Waals surface area contributed by atoms with E-state index >= 15 is 0 Å². The first-order chi connectivity index (χ1) is 12.8. The molecule has 8 atom stereocenters. The molecule has 0 heterocycles. The van der Waals surface area contributed by atoms with Crippen molar-refractivity contribution in [2.75, 3.05) is 0 Å². The summed E-state index contributed by atoms with van der Waals surface area (Å²) in [6, 6.07) is 0. The molecule has 0 radical (unpaired) electrons. The summed E-state index contributed by atoms with van der Waals surface area (Å²) in [5.74, 6) is 3.65. The molecule has 3 saturated carbocycles. The Morgan fingerprint density at radius 3 is 2.52 bits per heavy atom. The summed E-state index contributed by atoms with van der Waals surface area (Å²) in [7, 11) is 0. The molecule has 0 aromatic rings. The smallest absolute Gasteiger partial charge is 0.0611 e. The van der Waals surface area contributed by atoms with Gasteiger partial charge in [-0.05, 0) is 85.4 Å². The van der Waals surface area contributed by atoms with Gasteiger partial charge in [0.2, 0.25) is 0 Å². The van der Waals surface area contributed by atoms with Gasteiger partial charge in [0.1, 0.15) is 0 Å². The third-order valence-electron chi connectivity index (χ3n) is 9.51. The number of hydrogen-bond acceptors (Lipinski definition) is 1. The fourth-order valence-corrected chi connectivity index (χ4v) is 7.88. The number of fused-ring (bicyclic) bond motifs is 5. The second-order valence-corrected chi connectivity index (χ2v) is 10.4. The molecule has 0 aromatic heterocycles. The van der Waals surface area contributed by atoms with E-state index in [1.165, 1.54) is 49.7 Å². The summed E-state index contributed by atoms with van der Waals surface area (Å²) < 4.78 is 0. The summed E-state index contributed by atoms with van der Waals surface area (Å²) in [6.07, 6.45) is 12.3. The Morgan fingerprint density at radius 1 is 1.15 bits per heavy atom. The maximum absolute atomic E-state index is 11.2. The van der Waals surface area contributed by atoms with E-state index in [0.29, 0.717) is 22.7 Å². The molecule has 3 fully saturated rings. The van der Waals surface area contributed by atoms with Crippen LogP contribution in [0.1, 0.15) is 92.9 Å². The third-order valence-corrected chi connectivity index (χ3v) is 9.51. The van der Waals surface area contributed by atoms with Crippen LogP contribution in [0.4, 0.5) is 0 Å². The molecule has 154 valence electrons. The van der Waals surface area contributed by atoms with Crippen LogP contribution in [0.3, 0.4) is 0 Å². The van der Waals surface area contributed by atoms with Crippen LogP contribution >= 0.6 is 0 Å². The van der Waals surface area contributed by atoms with Gasteiger partial charge < -0.3 is 5.11 Å². The molecule has 4 aliphatic rings. The lowest BCUT2D eigenvalue weighted by atomic mass is 9.45. The van der Waals surface area contributed by atoms with Crippen LogP contribution in [-0.2, 0) is 0 Å². The van der Waals surface area contributed by atoms with Crippen molar-refractivity contribution in [3.63, 3.8) is 0 Å². The zero-order chi connectivity index (χ0) is 20.0. The van der Waals surface area contributed by atoms with Crippen LogP contribution in [-0.4, -0.2) is 11.2 Å². The van der Waals surface area contributed by atoms with Crippen molar-refractivity contribution in [3.05, 3.63) is 23.8 Å². The zero-order valence-electron chi connectivity index (χ0n) is 18.9. The van der Waals surface area contributed by atoms with Gasteiger partial charge in [-0.3, -0.25) is 0 Å². The lowest BCUT2D eigenvalue weighted by Gasteiger charge is -2.60. The zero-order valence-corrected chi connectivity index (χ0v) is 18.9. The highest BCUT2D eigenvalue weighted by Gasteiger charge is 2.61. The number of rotatable bonds is 2. The normalized spacial score (nSPS) is 47.0. The van der Waals surface area contributed by atoms with E-state index in [4.69, 9.17) is 0 Å². The molecule has 5 unspecified atom stereocenters. The molecule has 0 saturated heterocycles. The second kappa shape index (κ2) is 7.69. The molecule has 4 aliphatic carbocycles. The standard InChI is InChI=1S/C24H38O.C2H6/c1-6-16(3)18-7-8-19-22-20(10-12-24(18,19)5)23(4)11-9-15(2)13-17(23)14-21(22)25;1-2/h13,16,18-22,25H,2,6-12,14H2,1,3-5H3;1-2H3/t16-,18?,19?,20?,21-,22?,23?,24-;/m1./s1. The fraction of sp³-hybridized carbons (Fsp3) is 0.846. The van der Waals surface area contributed by atoms with Crippen molar-refractivity contribution >= 4 is 0 Å². The molecule has 0 aromatic carbocycles. The van der Waals surface area contributed by atoms with Crippen molar-refractivity contribution in [1.82, 2.24) is 0 Å². The molecule has 4 rings (SSSR count). The Kier molecular flexibility index (Phi) is 6.03. The van der Waals surface area contributed by atoms with Crippen LogP contribution in [0.2, 0.25) is 0 Å². The van der Waals surface area contributed by atoms with Crippen molar-refractivity contribution in [1.29, 1.82) is 0 Å². The molecule has 1 nitrogen and oxygen atoms in total. The van der Waals surface area contributed by atoms with Crippen LogP contribution in [0.25, 0.3) is 0 Å². The van der Waals surface area contributed by atoms with Gasteiger partial charge >= 0.3 is 0 Å². The molecular formula is C26H44O. The van der Waals surface area contributed by atoms with Crippen molar-refractivity contribution in [2.45, 2.75) is 99.0 Å². The SMILES string of the molecule is C=C1C=C2C[C@@H](O)C3C(CC[C@@]4(C)C3CCC4[C@H](C)CC)C2(C)CC1.CC. The highest BCUT2D eigenvalue weighted by Crippen LogP contribution is 2.67. The van der Waals surface area contributed by atoms with E-state index in [1.54, 1.807) is 0 Å². The Bertz CT molecular complexity index is 589. The maximum Gasteiger partial charge on any atom is 0.0611 e. The Morgan fingerprint density at radius 2 is 1.85 bits per heavy atom. The first-order valence-corrected chi connectivity index (χ1v) is 11.9. The van der Waals surface area contributed by atoms with Gasteiger partial charge in [0.25, 0.3) is 0 Å². The first-order valence-electron chi connectivity index (χ1n) is 11.9. The van der Waals surface area contributed by atoms with Gasteiger partial charge in [-0.1, -0.05) is 71.8 Å². The van der Waals surface area contributed by atoms with Gasteiger partial charge in [-0.25, -0.2) is 0 Å². The average Bonchev–Trinajstić information content (AvgIpc) is 3.01. The minimum atomic E-state index is -0.129. The van der Waals surface area contributed by atoms with Gasteiger partial charge in [-0.2, -0.15) is 0 Å². The van der Waals surface area contributed by atoms with E-state index in [-0.39, 0.29) is 6.10 Å². The molecule has 0 amide bonds. The van der Waals surface area contributed by atoms with Gasteiger partial charge in [0.05, 0.1) is 6.10 Å². The first kappa shape index (κ1) is 21.2. The van der Waals surface area contributed by atoms with E-state index in [9.17, 15) is 5.11 Å². The lowest BCUT2D eigenvalue weighted by molar-refractivity contribution is -0.111. The fourth-order valence-electron chi connectivity index (χ4n) is 7.88. The monoisotopic (exact) mass is 372 g/mol. The predicted molar refractivity (Wildman–Crippen MR) is 117 cm³/mol. The molecule has 1 heteroatoms. The van der Waals surface area contributed by atoms with Crippen LogP contribution < -0.4 is 0 Å². The highest BCUT2D eigenvalue weighted by molar-refractivity contribution is 5.34. The topological polar surface area (TPSA) is 20.2 Å². The number of allylic oxidation sites excluding steroid dienone is 2.